The fourth-order valence-corrected chi connectivity index (χ4v) is 6.34. The molecular weight excluding hydrogens is 381 g/mol. The summed E-state index contributed by atoms with van der Waals surface area (Å²) in [6.45, 7) is 2.24. The minimum atomic E-state index is -0.840. The highest BCUT2D eigenvalue weighted by atomic mass is 19.1. The molecule has 6 heteroatoms. The Kier molecular flexibility index (Phi) is 5.88. The van der Waals surface area contributed by atoms with Crippen LogP contribution in [0.4, 0.5) is 10.1 Å². The molecule has 1 aliphatic heterocycles. The van der Waals surface area contributed by atoms with Gasteiger partial charge in [0.25, 0.3) is 5.91 Å². The van der Waals surface area contributed by atoms with E-state index in [0.717, 1.165) is 19.3 Å². The van der Waals surface area contributed by atoms with E-state index < -0.39 is 12.2 Å². The molecule has 3 fully saturated rings. The molecule has 2 amide bonds. The zero-order chi connectivity index (χ0) is 21.5. The number of nitrogens with zero attached hydrogens (tertiary/aromatic N) is 1. The number of carbonyl (C=O) groups excluding carboxylic acids is 2. The Hall–Kier alpha value is -1.95. The summed E-state index contributed by atoms with van der Waals surface area (Å²) >= 11 is 0. The molecule has 1 aromatic rings. The third-order valence-corrected chi connectivity index (χ3v) is 7.79. The van der Waals surface area contributed by atoms with Crippen LogP contribution in [0, 0.1) is 17.8 Å². The highest BCUT2D eigenvalue weighted by molar-refractivity contribution is 5.98. The average Bonchev–Trinajstić information content (AvgIpc) is 3.39. The zero-order valence-corrected chi connectivity index (χ0v) is 18.3. The third-order valence-electron chi connectivity index (χ3n) is 7.79. The predicted octanol–water partition coefficient (Wildman–Crippen LogP) is 4.00. The van der Waals surface area contributed by atoms with Gasteiger partial charge in [0.2, 0.25) is 5.91 Å². The van der Waals surface area contributed by atoms with Crippen LogP contribution in [-0.4, -0.2) is 48.6 Å². The van der Waals surface area contributed by atoms with E-state index in [1.807, 2.05) is 0 Å². The quantitative estimate of drug-likeness (QED) is 0.781. The summed E-state index contributed by atoms with van der Waals surface area (Å²) in [5.41, 5.74) is 0.869. The standard InChI is InChI=1S/C24H34FN3O2/c1-15-11-12-20(25)19-14-21(27-24(15,19)17-8-4-5-9-17)22(29)26-18-10-6-7-16(13-18)23(30)28(2)3/h6-7,10,13,15,17,19-21,27H,4-5,8-9,11-12,14H2,1-3H3,(H,26,29). The molecule has 5 atom stereocenters. The van der Waals surface area contributed by atoms with E-state index >= 15 is 4.39 Å². The highest BCUT2D eigenvalue weighted by Gasteiger charge is 2.60. The fourth-order valence-electron chi connectivity index (χ4n) is 6.34. The molecule has 3 aliphatic rings. The van der Waals surface area contributed by atoms with Crippen molar-refractivity contribution in [1.82, 2.24) is 10.2 Å². The maximum atomic E-state index is 15.1. The smallest absolute Gasteiger partial charge is 0.253 e. The van der Waals surface area contributed by atoms with Gasteiger partial charge in [-0.3, -0.25) is 14.9 Å². The van der Waals surface area contributed by atoms with E-state index in [-0.39, 0.29) is 23.3 Å². The lowest BCUT2D eigenvalue weighted by molar-refractivity contribution is -0.118. The monoisotopic (exact) mass is 415 g/mol. The molecule has 2 saturated carbocycles. The van der Waals surface area contributed by atoms with Gasteiger partial charge in [0, 0.05) is 36.8 Å². The lowest BCUT2D eigenvalue weighted by atomic mass is 9.60. The van der Waals surface area contributed by atoms with E-state index in [4.69, 9.17) is 0 Å². The van der Waals surface area contributed by atoms with Gasteiger partial charge in [-0.2, -0.15) is 0 Å². The molecule has 4 rings (SSSR count). The lowest BCUT2D eigenvalue weighted by Gasteiger charge is -2.50. The molecule has 2 aliphatic carbocycles. The summed E-state index contributed by atoms with van der Waals surface area (Å²) in [5, 5.41) is 6.65. The number of rotatable bonds is 4. The molecule has 1 heterocycles. The number of amides is 2. The molecule has 30 heavy (non-hydrogen) atoms. The van der Waals surface area contributed by atoms with Crippen molar-refractivity contribution in [3.8, 4) is 0 Å². The Labute approximate surface area is 178 Å². The topological polar surface area (TPSA) is 61.4 Å². The number of anilines is 1. The maximum Gasteiger partial charge on any atom is 0.253 e. The SMILES string of the molecule is CC1CCC(F)C2CC(C(=O)Nc3cccc(C(=O)N(C)C)c3)NC12C1CCCC1. The van der Waals surface area contributed by atoms with Crippen LogP contribution in [0.15, 0.2) is 24.3 Å². The summed E-state index contributed by atoms with van der Waals surface area (Å²) < 4.78 is 15.1. The van der Waals surface area contributed by atoms with Gasteiger partial charge in [0.15, 0.2) is 0 Å². The van der Waals surface area contributed by atoms with Gasteiger partial charge in [-0.1, -0.05) is 25.8 Å². The molecule has 1 saturated heterocycles. The molecular formula is C24H34FN3O2. The molecule has 0 aromatic heterocycles. The largest absolute Gasteiger partial charge is 0.345 e. The molecule has 2 N–H and O–H groups in total. The molecule has 0 bridgehead atoms. The number of fused-ring (bicyclic) bond motifs is 1. The van der Waals surface area contributed by atoms with Gasteiger partial charge in [-0.25, -0.2) is 4.39 Å². The zero-order valence-electron chi connectivity index (χ0n) is 18.3. The van der Waals surface area contributed by atoms with E-state index in [0.29, 0.717) is 35.9 Å². The van der Waals surface area contributed by atoms with Crippen molar-refractivity contribution in [3.63, 3.8) is 0 Å². The van der Waals surface area contributed by atoms with Crippen LogP contribution in [0.25, 0.3) is 0 Å². The van der Waals surface area contributed by atoms with Crippen LogP contribution in [-0.2, 0) is 4.79 Å². The van der Waals surface area contributed by atoms with Crippen molar-refractivity contribution >= 4 is 17.5 Å². The van der Waals surface area contributed by atoms with Gasteiger partial charge in [-0.15, -0.1) is 0 Å². The minimum Gasteiger partial charge on any atom is -0.345 e. The number of alkyl halides is 1. The number of nitrogens with one attached hydrogen (secondary N) is 2. The summed E-state index contributed by atoms with van der Waals surface area (Å²) in [4.78, 5) is 26.9. The number of benzene rings is 1. The Bertz CT molecular complexity index is 807. The van der Waals surface area contributed by atoms with Crippen molar-refractivity contribution in [3.05, 3.63) is 29.8 Å². The molecule has 0 radical (unpaired) electrons. The molecule has 1 aromatic carbocycles. The van der Waals surface area contributed by atoms with Crippen LogP contribution in [0.2, 0.25) is 0 Å². The third kappa shape index (κ3) is 3.64. The van der Waals surface area contributed by atoms with E-state index in [2.05, 4.69) is 17.6 Å². The first kappa shape index (κ1) is 21.3. The van der Waals surface area contributed by atoms with Crippen LogP contribution < -0.4 is 10.6 Å². The number of hydrogen-bond acceptors (Lipinski definition) is 3. The van der Waals surface area contributed by atoms with Gasteiger partial charge in [0.1, 0.15) is 6.17 Å². The summed E-state index contributed by atoms with van der Waals surface area (Å²) in [5.74, 6) is 0.495. The average molecular weight is 416 g/mol. The van der Waals surface area contributed by atoms with Crippen molar-refractivity contribution < 1.29 is 14.0 Å². The van der Waals surface area contributed by atoms with Crippen LogP contribution in [0.3, 0.4) is 0 Å². The first-order valence-electron chi connectivity index (χ1n) is 11.4. The number of halogens is 1. The predicted molar refractivity (Wildman–Crippen MR) is 116 cm³/mol. The van der Waals surface area contributed by atoms with Gasteiger partial charge in [-0.05, 0) is 62.1 Å². The van der Waals surface area contributed by atoms with E-state index in [1.54, 1.807) is 38.4 Å². The second kappa shape index (κ2) is 8.29. The van der Waals surface area contributed by atoms with Crippen molar-refractivity contribution in [2.45, 2.75) is 69.6 Å². The van der Waals surface area contributed by atoms with Crippen LogP contribution in [0.1, 0.15) is 62.2 Å². The van der Waals surface area contributed by atoms with Gasteiger partial charge >= 0.3 is 0 Å². The summed E-state index contributed by atoms with van der Waals surface area (Å²) in [6.07, 6.45) is 5.85. The molecule has 5 unspecified atom stereocenters. The molecule has 5 nitrogen and oxygen atoms in total. The highest BCUT2D eigenvalue weighted by Crippen LogP contribution is 2.54. The summed E-state index contributed by atoms with van der Waals surface area (Å²) in [6, 6.07) is 6.61. The Morgan fingerprint density at radius 2 is 1.90 bits per heavy atom. The van der Waals surface area contributed by atoms with Crippen molar-refractivity contribution in [1.29, 1.82) is 0 Å². The Balaban J connectivity index is 1.53. The van der Waals surface area contributed by atoms with Crippen molar-refractivity contribution in [2.24, 2.45) is 17.8 Å². The Morgan fingerprint density at radius 1 is 1.17 bits per heavy atom. The number of hydrogen-bond donors (Lipinski definition) is 2. The molecule has 0 spiro atoms. The first-order chi connectivity index (χ1) is 14.3. The van der Waals surface area contributed by atoms with E-state index in [9.17, 15) is 9.59 Å². The van der Waals surface area contributed by atoms with Crippen LogP contribution in [0.5, 0.6) is 0 Å². The second-order valence-corrected chi connectivity index (χ2v) is 9.72. The maximum absolute atomic E-state index is 15.1. The minimum absolute atomic E-state index is 0.0956. The lowest BCUT2D eigenvalue weighted by Crippen LogP contribution is -2.61. The normalized spacial score (nSPS) is 33.9. The summed E-state index contributed by atoms with van der Waals surface area (Å²) in [7, 11) is 3.41. The molecule has 164 valence electrons. The van der Waals surface area contributed by atoms with Gasteiger partial charge in [0.05, 0.1) is 6.04 Å². The fraction of sp³-hybridized carbons (Fsp3) is 0.667. The number of carbonyl (C=O) groups is 2. The Morgan fingerprint density at radius 3 is 2.60 bits per heavy atom. The van der Waals surface area contributed by atoms with Gasteiger partial charge < -0.3 is 10.2 Å². The second-order valence-electron chi connectivity index (χ2n) is 9.72. The van der Waals surface area contributed by atoms with Crippen LogP contribution >= 0.6 is 0 Å². The first-order valence-corrected chi connectivity index (χ1v) is 11.4. The van der Waals surface area contributed by atoms with E-state index in [1.165, 1.54) is 17.7 Å². The van der Waals surface area contributed by atoms with Crippen molar-refractivity contribution in [2.75, 3.05) is 19.4 Å².